The molecule has 0 heterocycles. The maximum absolute atomic E-state index is 12.8. The van der Waals surface area contributed by atoms with Gasteiger partial charge in [-0.25, -0.2) is 19.5 Å². The van der Waals surface area contributed by atoms with Gasteiger partial charge in [-0.2, -0.15) is 0 Å². The smallest absolute Gasteiger partial charge is 0.343 e. The number of rotatable bonds is 4. The predicted octanol–water partition coefficient (Wildman–Crippen LogP) is 1.62. The van der Waals surface area contributed by atoms with Gasteiger partial charge in [-0.15, -0.1) is 0 Å². The maximum atomic E-state index is 12.8. The Bertz CT molecular complexity index is 441. The summed E-state index contributed by atoms with van der Waals surface area (Å²) >= 11 is 5.68. The van der Waals surface area contributed by atoms with Gasteiger partial charge in [-0.3, -0.25) is 4.84 Å². The van der Waals surface area contributed by atoms with Crippen molar-refractivity contribution in [2.45, 2.75) is 0 Å². The molecule has 3 N–H and O–H groups in total. The molecule has 8 heteroatoms. The molecule has 1 aromatic carbocycles. The van der Waals surface area contributed by atoms with Gasteiger partial charge < -0.3 is 10.4 Å². The summed E-state index contributed by atoms with van der Waals surface area (Å²) < 4.78 is 12.8. The number of urea groups is 1. The molecule has 1 rings (SSSR count). The third-order valence-electron chi connectivity index (χ3n) is 1.54. The minimum absolute atomic E-state index is 0.0445. The molecule has 0 aliphatic heterocycles. The highest BCUT2D eigenvalue weighted by atomic mass is 35.5. The molecule has 17 heavy (non-hydrogen) atoms. The highest BCUT2D eigenvalue weighted by Crippen LogP contribution is 2.22. The van der Waals surface area contributed by atoms with Gasteiger partial charge in [0, 0.05) is 0 Å². The lowest BCUT2D eigenvalue weighted by molar-refractivity contribution is -0.143. The fraction of sp³-hybridized carbons (Fsp3) is 0.111. The highest BCUT2D eigenvalue weighted by molar-refractivity contribution is 6.33. The van der Waals surface area contributed by atoms with E-state index in [1.165, 1.54) is 6.07 Å². The molecular formula is C9H8ClFN2O4. The Morgan fingerprint density at radius 1 is 1.47 bits per heavy atom. The Morgan fingerprint density at radius 2 is 2.18 bits per heavy atom. The number of hydrogen-bond acceptors (Lipinski definition) is 3. The Labute approximate surface area is 100 Å². The van der Waals surface area contributed by atoms with Gasteiger partial charge in [-0.1, -0.05) is 11.6 Å². The van der Waals surface area contributed by atoms with E-state index in [1.807, 2.05) is 0 Å². The lowest BCUT2D eigenvalue weighted by Crippen LogP contribution is -2.30. The summed E-state index contributed by atoms with van der Waals surface area (Å²) in [6.07, 6.45) is 0. The zero-order valence-corrected chi connectivity index (χ0v) is 9.12. The second-order valence-corrected chi connectivity index (χ2v) is 3.27. The van der Waals surface area contributed by atoms with Crippen LogP contribution in [-0.4, -0.2) is 23.7 Å². The SMILES string of the molecule is O=C(O)CONC(=O)Nc1cc(F)ccc1Cl. The second kappa shape index (κ2) is 6.02. The number of benzene rings is 1. The molecule has 1 aromatic rings. The van der Waals surface area contributed by atoms with Crippen LogP contribution in [0.1, 0.15) is 0 Å². The van der Waals surface area contributed by atoms with Gasteiger partial charge in [0.05, 0.1) is 10.7 Å². The molecule has 0 fully saturated rings. The zero-order valence-electron chi connectivity index (χ0n) is 8.37. The van der Waals surface area contributed by atoms with E-state index in [0.717, 1.165) is 12.1 Å². The van der Waals surface area contributed by atoms with E-state index in [-0.39, 0.29) is 10.7 Å². The molecule has 0 bridgehead atoms. The average molecular weight is 263 g/mol. The highest BCUT2D eigenvalue weighted by Gasteiger charge is 2.07. The Morgan fingerprint density at radius 3 is 2.82 bits per heavy atom. The van der Waals surface area contributed by atoms with Gasteiger partial charge in [0.1, 0.15) is 5.82 Å². The number of amides is 2. The van der Waals surface area contributed by atoms with Gasteiger partial charge in [-0.05, 0) is 18.2 Å². The van der Waals surface area contributed by atoms with Crippen molar-refractivity contribution in [1.82, 2.24) is 5.48 Å². The number of carboxylic acids is 1. The van der Waals surface area contributed by atoms with Crippen molar-refractivity contribution in [1.29, 1.82) is 0 Å². The van der Waals surface area contributed by atoms with E-state index in [9.17, 15) is 14.0 Å². The lowest BCUT2D eigenvalue weighted by Gasteiger charge is -2.08. The standard InChI is InChI=1S/C9H8ClFN2O4/c10-6-2-1-5(11)3-7(6)12-9(16)13-17-4-8(14)15/h1-3H,4H2,(H,14,15)(H2,12,13,16). The number of hydrogen-bond donors (Lipinski definition) is 3. The van der Waals surface area contributed by atoms with E-state index >= 15 is 0 Å². The predicted molar refractivity (Wildman–Crippen MR) is 57.2 cm³/mol. The molecule has 6 nitrogen and oxygen atoms in total. The monoisotopic (exact) mass is 262 g/mol. The summed E-state index contributed by atoms with van der Waals surface area (Å²) in [5, 5.41) is 10.6. The zero-order chi connectivity index (χ0) is 12.8. The number of hydroxylamine groups is 1. The molecule has 0 saturated heterocycles. The summed E-state index contributed by atoms with van der Waals surface area (Å²) in [6, 6.07) is 2.55. The van der Waals surface area contributed by atoms with Crippen LogP contribution in [0.2, 0.25) is 5.02 Å². The topological polar surface area (TPSA) is 87.7 Å². The molecule has 0 unspecified atom stereocenters. The Kier molecular flexibility index (Phi) is 4.68. The van der Waals surface area contributed by atoms with Crippen LogP contribution in [0, 0.1) is 5.82 Å². The molecule has 92 valence electrons. The number of aliphatic carboxylic acids is 1. The average Bonchev–Trinajstić information content (AvgIpc) is 2.23. The molecule has 0 saturated carbocycles. The first kappa shape index (κ1) is 13.2. The van der Waals surface area contributed by atoms with E-state index < -0.39 is 24.4 Å². The maximum Gasteiger partial charge on any atom is 0.343 e. The third kappa shape index (κ3) is 4.66. The minimum atomic E-state index is -1.24. The van der Waals surface area contributed by atoms with E-state index in [0.29, 0.717) is 0 Å². The van der Waals surface area contributed by atoms with Crippen molar-refractivity contribution in [3.63, 3.8) is 0 Å². The van der Waals surface area contributed by atoms with Gasteiger partial charge in [0.2, 0.25) is 0 Å². The largest absolute Gasteiger partial charge is 0.479 e. The number of carbonyl (C=O) groups excluding carboxylic acids is 1. The van der Waals surface area contributed by atoms with Crippen LogP contribution in [-0.2, 0) is 9.63 Å². The first-order valence-electron chi connectivity index (χ1n) is 4.34. The van der Waals surface area contributed by atoms with Crippen LogP contribution in [0.4, 0.5) is 14.9 Å². The molecule has 0 spiro atoms. The molecule has 0 radical (unpaired) electrons. The van der Waals surface area contributed by atoms with Gasteiger partial charge >= 0.3 is 12.0 Å². The van der Waals surface area contributed by atoms with Crippen LogP contribution in [0.25, 0.3) is 0 Å². The number of anilines is 1. The summed E-state index contributed by atoms with van der Waals surface area (Å²) in [4.78, 5) is 25.5. The fourth-order valence-electron chi connectivity index (χ4n) is 0.904. The summed E-state index contributed by atoms with van der Waals surface area (Å²) in [5.41, 5.74) is 1.84. The minimum Gasteiger partial charge on any atom is -0.479 e. The first-order valence-corrected chi connectivity index (χ1v) is 4.72. The number of nitrogens with one attached hydrogen (secondary N) is 2. The quantitative estimate of drug-likeness (QED) is 0.720. The second-order valence-electron chi connectivity index (χ2n) is 2.86. The lowest BCUT2D eigenvalue weighted by atomic mass is 10.3. The number of carbonyl (C=O) groups is 2. The van der Waals surface area contributed by atoms with Crippen molar-refractivity contribution < 1.29 is 23.9 Å². The Hall–Kier alpha value is -1.86. The summed E-state index contributed by atoms with van der Waals surface area (Å²) in [5.74, 6) is -1.81. The number of carboxylic acid groups (broad SMARTS) is 1. The van der Waals surface area contributed by atoms with Crippen LogP contribution in [0.15, 0.2) is 18.2 Å². The van der Waals surface area contributed by atoms with Crippen LogP contribution in [0.5, 0.6) is 0 Å². The number of halogens is 2. The normalized spacial score (nSPS) is 9.76. The van der Waals surface area contributed by atoms with Gasteiger partial charge in [0.25, 0.3) is 0 Å². The molecule has 0 atom stereocenters. The van der Waals surface area contributed by atoms with E-state index in [1.54, 1.807) is 5.48 Å². The Balaban J connectivity index is 2.50. The third-order valence-corrected chi connectivity index (χ3v) is 1.87. The van der Waals surface area contributed by atoms with Crippen molar-refractivity contribution in [2.75, 3.05) is 11.9 Å². The van der Waals surface area contributed by atoms with Crippen molar-refractivity contribution >= 4 is 29.3 Å². The van der Waals surface area contributed by atoms with E-state index in [2.05, 4.69) is 10.2 Å². The molecule has 0 aliphatic carbocycles. The summed E-state index contributed by atoms with van der Waals surface area (Å²) in [7, 11) is 0. The van der Waals surface area contributed by atoms with Crippen LogP contribution >= 0.6 is 11.6 Å². The molecular weight excluding hydrogens is 255 g/mol. The molecule has 0 aromatic heterocycles. The van der Waals surface area contributed by atoms with Crippen molar-refractivity contribution in [3.8, 4) is 0 Å². The van der Waals surface area contributed by atoms with E-state index in [4.69, 9.17) is 16.7 Å². The first-order chi connectivity index (χ1) is 7.99. The molecule has 2 amide bonds. The van der Waals surface area contributed by atoms with Gasteiger partial charge in [0.15, 0.2) is 6.61 Å². The van der Waals surface area contributed by atoms with Crippen LogP contribution < -0.4 is 10.8 Å². The fourth-order valence-corrected chi connectivity index (χ4v) is 1.07. The van der Waals surface area contributed by atoms with Crippen molar-refractivity contribution in [2.24, 2.45) is 0 Å². The van der Waals surface area contributed by atoms with Crippen molar-refractivity contribution in [3.05, 3.63) is 29.0 Å². The molecule has 0 aliphatic rings. The van der Waals surface area contributed by atoms with Crippen LogP contribution in [0.3, 0.4) is 0 Å². The summed E-state index contributed by atoms with van der Waals surface area (Å²) in [6.45, 7) is -0.690.